The molecule has 11 heteroatoms. The zero-order valence-electron chi connectivity index (χ0n) is 30.4. The molecule has 3 aliphatic rings. The number of aliphatic carboxylic acids is 1. The SMILES string of the molecule is Cc1cc(F)cc(C)c1-c1cc(C(CC(=O)O)NC(=O)C(CC(C)C)n2cc(C3CCN(CC4CC4)CC3)c(C(F)(F)F)cc2=O)cc2c1CCC2. The topological polar surface area (TPSA) is 91.6 Å². The number of alkyl halides is 3. The first kappa shape index (κ1) is 37.8. The predicted molar refractivity (Wildman–Crippen MR) is 192 cm³/mol. The molecule has 2 atom stereocenters. The van der Waals surface area contributed by atoms with Gasteiger partial charge in [0.1, 0.15) is 11.9 Å². The molecule has 3 aromatic rings. The lowest BCUT2D eigenvalue weighted by Gasteiger charge is -2.34. The molecule has 0 radical (unpaired) electrons. The van der Waals surface area contributed by atoms with E-state index in [1.54, 1.807) is 0 Å². The number of carbonyl (C=O) groups excluding carboxylic acids is 1. The maximum Gasteiger partial charge on any atom is 0.416 e. The van der Waals surface area contributed by atoms with Crippen LogP contribution in [0.25, 0.3) is 11.1 Å². The lowest BCUT2D eigenvalue weighted by atomic mass is 9.86. The minimum absolute atomic E-state index is 0.0233. The molecule has 0 spiro atoms. The van der Waals surface area contributed by atoms with Crippen LogP contribution in [0.5, 0.6) is 0 Å². The van der Waals surface area contributed by atoms with Gasteiger partial charge in [-0.25, -0.2) is 4.39 Å². The molecule has 2 heterocycles. The van der Waals surface area contributed by atoms with Crippen molar-refractivity contribution in [2.75, 3.05) is 19.6 Å². The number of piperidine rings is 1. The quantitative estimate of drug-likeness (QED) is 0.184. The van der Waals surface area contributed by atoms with Crippen LogP contribution in [0, 0.1) is 31.5 Å². The summed E-state index contributed by atoms with van der Waals surface area (Å²) in [5, 5.41) is 12.9. The average Bonchev–Trinajstić information content (AvgIpc) is 3.74. The van der Waals surface area contributed by atoms with Gasteiger partial charge in [0.15, 0.2) is 0 Å². The van der Waals surface area contributed by atoms with Gasteiger partial charge in [-0.3, -0.25) is 14.4 Å². The van der Waals surface area contributed by atoms with Crippen molar-refractivity contribution < 1.29 is 32.3 Å². The van der Waals surface area contributed by atoms with E-state index in [9.17, 15) is 37.1 Å². The summed E-state index contributed by atoms with van der Waals surface area (Å²) in [6, 6.07) is 5.19. The molecule has 6 rings (SSSR count). The third-order valence-electron chi connectivity index (χ3n) is 11.1. The molecular formula is C41H49F4N3O4. The van der Waals surface area contributed by atoms with Crippen molar-refractivity contribution in [1.29, 1.82) is 0 Å². The number of aryl methyl sites for hydroxylation is 3. The standard InChI is InChI=1S/C41H49F4N3O4/c1-23(2)14-36(48-22-33(34(19-37(48)49)41(43,44)45)27-10-12-47(13-11-27)21-26-8-9-26)40(52)46-35(20-38(50)51)29-17-28-6-5-7-31(28)32(18-29)39-24(3)15-30(42)16-25(39)4/h15-19,22-23,26-27,35-36H,5-14,20-21H2,1-4H3,(H,46,52)(H,50,51). The Bertz CT molecular complexity index is 1870. The van der Waals surface area contributed by atoms with Crippen molar-refractivity contribution in [2.45, 2.75) is 110 Å². The van der Waals surface area contributed by atoms with Crippen LogP contribution in [0.2, 0.25) is 0 Å². The third-order valence-corrected chi connectivity index (χ3v) is 11.1. The van der Waals surface area contributed by atoms with E-state index < -0.39 is 53.6 Å². The van der Waals surface area contributed by atoms with Gasteiger partial charge in [0, 0.05) is 18.8 Å². The van der Waals surface area contributed by atoms with Gasteiger partial charge in [0.05, 0.1) is 18.0 Å². The van der Waals surface area contributed by atoms with E-state index >= 15 is 0 Å². The molecule has 280 valence electrons. The molecule has 1 amide bonds. The minimum Gasteiger partial charge on any atom is -0.481 e. The number of carbonyl (C=O) groups is 2. The monoisotopic (exact) mass is 723 g/mol. The average molecular weight is 724 g/mol. The summed E-state index contributed by atoms with van der Waals surface area (Å²) in [5.41, 5.74) is 4.06. The molecule has 0 bridgehead atoms. The van der Waals surface area contributed by atoms with Gasteiger partial charge in [-0.2, -0.15) is 13.2 Å². The van der Waals surface area contributed by atoms with Crippen molar-refractivity contribution in [3.63, 3.8) is 0 Å². The van der Waals surface area contributed by atoms with Crippen LogP contribution in [0.15, 0.2) is 41.3 Å². The van der Waals surface area contributed by atoms with Crippen LogP contribution in [0.1, 0.15) is 116 Å². The molecule has 1 aliphatic heterocycles. The zero-order chi connectivity index (χ0) is 37.5. The van der Waals surface area contributed by atoms with Crippen LogP contribution in [-0.2, 0) is 28.6 Å². The van der Waals surface area contributed by atoms with E-state index in [2.05, 4.69) is 10.2 Å². The number of hydrogen-bond donors (Lipinski definition) is 2. The summed E-state index contributed by atoms with van der Waals surface area (Å²) >= 11 is 0. The first-order valence-electron chi connectivity index (χ1n) is 18.6. The lowest BCUT2D eigenvalue weighted by Crippen LogP contribution is -2.41. The highest BCUT2D eigenvalue weighted by Gasteiger charge is 2.39. The van der Waals surface area contributed by atoms with Gasteiger partial charge >= 0.3 is 12.1 Å². The Morgan fingerprint density at radius 3 is 2.25 bits per heavy atom. The summed E-state index contributed by atoms with van der Waals surface area (Å²) in [7, 11) is 0. The summed E-state index contributed by atoms with van der Waals surface area (Å²) < 4.78 is 58.7. The van der Waals surface area contributed by atoms with Gasteiger partial charge in [-0.05, 0) is 159 Å². The van der Waals surface area contributed by atoms with E-state index in [1.807, 2.05) is 39.8 Å². The number of amides is 1. The summed E-state index contributed by atoms with van der Waals surface area (Å²) in [4.78, 5) is 42.4. The number of nitrogens with zero attached hydrogens (tertiary/aromatic N) is 2. The summed E-state index contributed by atoms with van der Waals surface area (Å²) in [5.74, 6) is -2.01. The van der Waals surface area contributed by atoms with Crippen LogP contribution < -0.4 is 10.9 Å². The smallest absolute Gasteiger partial charge is 0.416 e. The number of carboxylic acid groups (broad SMARTS) is 1. The number of nitrogens with one attached hydrogen (secondary N) is 1. The van der Waals surface area contributed by atoms with Crippen LogP contribution in [0.4, 0.5) is 17.6 Å². The highest BCUT2D eigenvalue weighted by molar-refractivity contribution is 5.82. The van der Waals surface area contributed by atoms with E-state index in [1.165, 1.54) is 31.2 Å². The normalized spacial score (nSPS) is 18.0. The van der Waals surface area contributed by atoms with Crippen molar-refractivity contribution in [3.05, 3.63) is 91.6 Å². The van der Waals surface area contributed by atoms with Crippen molar-refractivity contribution in [1.82, 2.24) is 14.8 Å². The number of carboxylic acids is 1. The van der Waals surface area contributed by atoms with Crippen molar-refractivity contribution in [3.8, 4) is 11.1 Å². The fourth-order valence-electron chi connectivity index (χ4n) is 8.45. The second-order valence-corrected chi connectivity index (χ2v) is 15.7. The van der Waals surface area contributed by atoms with Crippen molar-refractivity contribution >= 4 is 11.9 Å². The Labute approximate surface area is 302 Å². The first-order chi connectivity index (χ1) is 24.6. The summed E-state index contributed by atoms with van der Waals surface area (Å²) in [6.45, 7) is 9.69. The van der Waals surface area contributed by atoms with Gasteiger partial charge < -0.3 is 19.9 Å². The van der Waals surface area contributed by atoms with Crippen LogP contribution >= 0.6 is 0 Å². The van der Waals surface area contributed by atoms with Gasteiger partial charge in [-0.15, -0.1) is 0 Å². The van der Waals surface area contributed by atoms with Crippen LogP contribution in [0.3, 0.4) is 0 Å². The van der Waals surface area contributed by atoms with Gasteiger partial charge in [0.2, 0.25) is 5.91 Å². The summed E-state index contributed by atoms with van der Waals surface area (Å²) in [6.07, 6.45) is 2.10. The van der Waals surface area contributed by atoms with Crippen molar-refractivity contribution in [2.24, 2.45) is 11.8 Å². The van der Waals surface area contributed by atoms with Crippen LogP contribution in [-0.4, -0.2) is 46.1 Å². The Balaban J connectivity index is 1.36. The number of rotatable bonds is 12. The fraction of sp³-hybridized carbons (Fsp3) is 0.537. The maximum absolute atomic E-state index is 14.4. The van der Waals surface area contributed by atoms with E-state index in [4.69, 9.17) is 0 Å². The molecule has 1 saturated heterocycles. The Morgan fingerprint density at radius 1 is 0.981 bits per heavy atom. The third kappa shape index (κ3) is 8.45. The van der Waals surface area contributed by atoms with Gasteiger partial charge in [0.25, 0.3) is 5.56 Å². The number of likely N-dealkylation sites (tertiary alicyclic amines) is 1. The predicted octanol–water partition coefficient (Wildman–Crippen LogP) is 8.29. The zero-order valence-corrected chi connectivity index (χ0v) is 30.4. The fourth-order valence-corrected chi connectivity index (χ4v) is 8.45. The molecule has 2 aliphatic carbocycles. The molecule has 2 fully saturated rings. The Hall–Kier alpha value is -3.99. The van der Waals surface area contributed by atoms with E-state index in [0.717, 1.165) is 63.8 Å². The maximum atomic E-state index is 14.4. The Morgan fingerprint density at radius 2 is 1.65 bits per heavy atom. The molecule has 52 heavy (non-hydrogen) atoms. The highest BCUT2D eigenvalue weighted by atomic mass is 19.4. The number of aromatic nitrogens is 1. The van der Waals surface area contributed by atoms with E-state index in [-0.39, 0.29) is 23.7 Å². The molecule has 1 saturated carbocycles. The number of pyridine rings is 1. The molecule has 2 aromatic carbocycles. The molecule has 7 nitrogen and oxygen atoms in total. The van der Waals surface area contributed by atoms with E-state index in [0.29, 0.717) is 43.5 Å². The highest BCUT2D eigenvalue weighted by Crippen LogP contribution is 2.41. The number of fused-ring (bicyclic) bond motifs is 1. The number of hydrogen-bond acceptors (Lipinski definition) is 4. The number of benzene rings is 2. The minimum atomic E-state index is -4.74. The molecule has 1 aromatic heterocycles. The van der Waals surface area contributed by atoms with Gasteiger partial charge in [-0.1, -0.05) is 19.9 Å². The molecule has 2 unspecified atom stereocenters. The second kappa shape index (κ2) is 15.2. The number of halogens is 4. The molecule has 2 N–H and O–H groups in total. The lowest BCUT2D eigenvalue weighted by molar-refractivity contribution is -0.139. The second-order valence-electron chi connectivity index (χ2n) is 15.7. The first-order valence-corrected chi connectivity index (χ1v) is 18.6. The largest absolute Gasteiger partial charge is 0.481 e. The Kier molecular flexibility index (Phi) is 11.0. The molecular weight excluding hydrogens is 674 g/mol.